The van der Waals surface area contributed by atoms with Gasteiger partial charge < -0.3 is 15.1 Å². The summed E-state index contributed by atoms with van der Waals surface area (Å²) in [4.78, 5) is 35.8. The van der Waals surface area contributed by atoms with Crippen molar-refractivity contribution in [2.45, 2.75) is 58.5 Å². The van der Waals surface area contributed by atoms with Crippen molar-refractivity contribution in [2.75, 3.05) is 13.1 Å². The molecule has 10 nitrogen and oxygen atoms in total. The Labute approximate surface area is 146 Å². The highest BCUT2D eigenvalue weighted by molar-refractivity contribution is 5.76. The summed E-state index contributed by atoms with van der Waals surface area (Å²) in [5.41, 5.74) is -0.737. The Morgan fingerprint density at radius 1 is 1.44 bits per heavy atom. The van der Waals surface area contributed by atoms with E-state index in [0.29, 0.717) is 0 Å². The predicted molar refractivity (Wildman–Crippen MR) is 86.3 cm³/mol. The van der Waals surface area contributed by atoms with Crippen LogP contribution >= 0.6 is 0 Å². The summed E-state index contributed by atoms with van der Waals surface area (Å²) in [6.07, 6.45) is -2.19. The average Bonchev–Trinajstić information content (AvgIpc) is 2.58. The number of carboxylic acid groups (broad SMARTS) is 1. The lowest BCUT2D eigenvalue weighted by molar-refractivity contribution is -1.01. The Balaban J connectivity index is 2.29. The zero-order valence-electron chi connectivity index (χ0n) is 14.9. The number of rotatable bonds is 2. The van der Waals surface area contributed by atoms with E-state index in [1.165, 1.54) is 0 Å². The summed E-state index contributed by atoms with van der Waals surface area (Å²) in [5.74, 6) is -2.47. The van der Waals surface area contributed by atoms with Crippen molar-refractivity contribution in [3.05, 3.63) is 5.21 Å². The number of ether oxygens (including phenoxy) is 1. The van der Waals surface area contributed by atoms with E-state index in [4.69, 9.17) is 4.74 Å². The van der Waals surface area contributed by atoms with E-state index >= 15 is 0 Å². The molecular weight excluding hydrogens is 332 g/mol. The third kappa shape index (κ3) is 4.20. The molecule has 0 aliphatic carbocycles. The normalized spacial score (nSPS) is 33.2. The summed E-state index contributed by atoms with van der Waals surface area (Å²) in [6.45, 7) is 6.44. The van der Waals surface area contributed by atoms with Crippen molar-refractivity contribution >= 4 is 18.0 Å². The number of hydrogen-bond donors (Lipinski definition) is 3. The zero-order chi connectivity index (χ0) is 19.0. The molecule has 0 aromatic rings. The number of nitrogens with one attached hydrogen (secondary N) is 2. The van der Waals surface area contributed by atoms with Crippen molar-refractivity contribution < 1.29 is 29.0 Å². The number of nitrogens with zero attached hydrogens (tertiary/aromatic N) is 2. The van der Waals surface area contributed by atoms with E-state index in [9.17, 15) is 24.7 Å². The van der Waals surface area contributed by atoms with Crippen LogP contribution in [-0.2, 0) is 14.3 Å². The number of hydroxylamine groups is 2. The van der Waals surface area contributed by atoms with Gasteiger partial charge in [0, 0.05) is 19.4 Å². The number of aliphatic carboxylic acids is 1. The maximum atomic E-state index is 13.6. The first-order valence-corrected chi connectivity index (χ1v) is 8.31. The van der Waals surface area contributed by atoms with Crippen LogP contribution in [0.5, 0.6) is 0 Å². The first-order chi connectivity index (χ1) is 11.4. The maximum absolute atomic E-state index is 13.6. The third-order valence-corrected chi connectivity index (χ3v) is 4.28. The summed E-state index contributed by atoms with van der Waals surface area (Å²) in [5, 5.41) is 29.4. The van der Waals surface area contributed by atoms with Crippen molar-refractivity contribution in [3.8, 4) is 0 Å². The van der Waals surface area contributed by atoms with Crippen LogP contribution in [0.3, 0.4) is 0 Å². The number of carboxylic acids is 1. The van der Waals surface area contributed by atoms with Crippen molar-refractivity contribution in [1.29, 1.82) is 0 Å². The first kappa shape index (κ1) is 19.4. The molecule has 2 aliphatic rings. The van der Waals surface area contributed by atoms with E-state index < -0.39 is 40.7 Å². The molecule has 25 heavy (non-hydrogen) atoms. The molecule has 0 spiro atoms. The number of hydrogen-bond acceptors (Lipinski definition) is 6. The minimum absolute atomic E-state index is 0.0711. The van der Waals surface area contributed by atoms with Crippen LogP contribution in [0, 0.1) is 11.1 Å². The first-order valence-electron chi connectivity index (χ1n) is 8.31. The molecule has 2 rings (SSSR count). The largest absolute Gasteiger partial charge is 0.604 e. The van der Waals surface area contributed by atoms with E-state index in [1.54, 1.807) is 27.7 Å². The van der Waals surface area contributed by atoms with Crippen LogP contribution in [0.1, 0.15) is 40.5 Å². The Hall–Kier alpha value is -1.91. The second-order valence-corrected chi connectivity index (χ2v) is 7.50. The van der Waals surface area contributed by atoms with Crippen LogP contribution < -0.4 is 10.6 Å². The third-order valence-electron chi connectivity index (χ3n) is 4.28. The van der Waals surface area contributed by atoms with Gasteiger partial charge in [-0.1, -0.05) is 0 Å². The predicted octanol–water partition coefficient (Wildman–Crippen LogP) is 0.339. The van der Waals surface area contributed by atoms with Gasteiger partial charge in [0.2, 0.25) is 0 Å². The minimum Gasteiger partial charge on any atom is -0.604 e. The van der Waals surface area contributed by atoms with E-state index in [2.05, 4.69) is 10.6 Å². The van der Waals surface area contributed by atoms with Gasteiger partial charge in [-0.3, -0.25) is 20.2 Å². The lowest BCUT2D eigenvalue weighted by Crippen LogP contribution is -2.73. The van der Waals surface area contributed by atoms with Gasteiger partial charge in [0.05, 0.1) is 0 Å². The Kier molecular flexibility index (Phi) is 5.26. The lowest BCUT2D eigenvalue weighted by Gasteiger charge is -2.56. The summed E-state index contributed by atoms with van der Waals surface area (Å²) in [6, 6.07) is 0. The highest BCUT2D eigenvalue weighted by Gasteiger charge is 2.50. The molecule has 0 aromatic carbocycles. The second-order valence-electron chi connectivity index (χ2n) is 7.50. The topological polar surface area (TPSA) is 131 Å². The number of carbonyl (C=O) groups is 3. The SMILES string of the molecule is CC1NC[C@H](C(=O)O)C[N+]2([O-])C(NC(=O)OC(C)(C)C)CCC(=O)N12. The number of quaternary nitrogens is 1. The van der Waals surface area contributed by atoms with Crippen LogP contribution in [0.4, 0.5) is 4.79 Å². The summed E-state index contributed by atoms with van der Waals surface area (Å²) < 4.78 is 3.96. The molecule has 3 unspecified atom stereocenters. The van der Waals surface area contributed by atoms with Gasteiger partial charge in [0.25, 0.3) is 5.91 Å². The highest BCUT2D eigenvalue weighted by atomic mass is 16.6. The Morgan fingerprint density at radius 2 is 2.08 bits per heavy atom. The van der Waals surface area contributed by atoms with Crippen molar-refractivity contribution in [3.63, 3.8) is 0 Å². The molecule has 2 amide bonds. The average molecular weight is 358 g/mol. The summed E-state index contributed by atoms with van der Waals surface area (Å²) in [7, 11) is 0. The highest BCUT2D eigenvalue weighted by Crippen LogP contribution is 2.31. The maximum Gasteiger partial charge on any atom is 0.412 e. The monoisotopic (exact) mass is 358 g/mol. The van der Waals surface area contributed by atoms with Gasteiger partial charge in [-0.25, -0.2) is 9.55 Å². The molecule has 4 atom stereocenters. The lowest BCUT2D eigenvalue weighted by atomic mass is 10.1. The standard InChI is InChI=1S/C15H26N4O6/c1-9-16-7-10(13(21)22)8-19(24)11(5-6-12(20)18(9)19)17-14(23)25-15(2,3)4/h9-11,16H,5-8H2,1-4H3,(H,17,23)(H,21,22)/t9?,10-,11?,19?/m0/s1. The number of amides is 2. The number of carbonyl (C=O) groups excluding carboxylic acids is 2. The van der Waals surface area contributed by atoms with Crippen molar-refractivity contribution in [2.24, 2.45) is 5.92 Å². The fourth-order valence-electron chi connectivity index (χ4n) is 3.20. The van der Waals surface area contributed by atoms with Crippen LogP contribution in [0.25, 0.3) is 0 Å². The molecule has 10 heteroatoms. The van der Waals surface area contributed by atoms with E-state index in [1.807, 2.05) is 0 Å². The molecule has 142 valence electrons. The van der Waals surface area contributed by atoms with Gasteiger partial charge >= 0.3 is 12.1 Å². The molecule has 2 heterocycles. The fraction of sp³-hybridized carbons (Fsp3) is 0.800. The Morgan fingerprint density at radius 3 is 2.64 bits per heavy atom. The zero-order valence-corrected chi connectivity index (χ0v) is 14.9. The van der Waals surface area contributed by atoms with Crippen LogP contribution in [0.2, 0.25) is 0 Å². The molecule has 2 fully saturated rings. The smallest absolute Gasteiger partial charge is 0.412 e. The molecule has 2 saturated heterocycles. The quantitative estimate of drug-likeness (QED) is 0.479. The molecule has 0 bridgehead atoms. The van der Waals surface area contributed by atoms with Gasteiger partial charge in [0.1, 0.15) is 24.2 Å². The number of alkyl carbamates (subject to hydrolysis) is 1. The Bertz CT molecular complexity index is 563. The van der Waals surface area contributed by atoms with Crippen LogP contribution in [0.15, 0.2) is 0 Å². The summed E-state index contributed by atoms with van der Waals surface area (Å²) >= 11 is 0. The molecule has 2 aliphatic heterocycles. The molecule has 3 N–H and O–H groups in total. The van der Waals surface area contributed by atoms with Gasteiger partial charge in [-0.2, -0.15) is 5.01 Å². The van der Waals surface area contributed by atoms with Crippen molar-refractivity contribution in [1.82, 2.24) is 15.6 Å². The van der Waals surface area contributed by atoms with Gasteiger partial charge in [-0.05, 0) is 27.7 Å². The van der Waals surface area contributed by atoms with E-state index in [-0.39, 0.29) is 31.8 Å². The van der Waals surface area contributed by atoms with Crippen LogP contribution in [-0.4, -0.2) is 63.9 Å². The molecule has 0 radical (unpaired) electrons. The molecule has 0 aromatic heterocycles. The fourth-order valence-corrected chi connectivity index (χ4v) is 3.20. The van der Waals surface area contributed by atoms with Gasteiger partial charge in [-0.15, -0.1) is 0 Å². The van der Waals surface area contributed by atoms with E-state index in [0.717, 1.165) is 5.01 Å². The van der Waals surface area contributed by atoms with Gasteiger partial charge in [0.15, 0.2) is 6.17 Å². The molecule has 0 saturated carbocycles. The number of fused-ring (bicyclic) bond motifs is 1. The molecular formula is C15H26N4O6. The minimum atomic E-state index is -1.23. The second kappa shape index (κ2) is 6.77.